The molecule has 1 aromatic heterocycles. The maximum Gasteiger partial charge on any atom is 0.407 e. The fourth-order valence-electron chi connectivity index (χ4n) is 4.94. The summed E-state index contributed by atoms with van der Waals surface area (Å²) in [6.07, 6.45) is 3.17. The first-order valence-corrected chi connectivity index (χ1v) is 12.6. The van der Waals surface area contributed by atoms with Crippen LogP contribution in [0, 0.1) is 0 Å². The van der Waals surface area contributed by atoms with Crippen molar-refractivity contribution in [3.63, 3.8) is 0 Å². The molecule has 6 nitrogen and oxygen atoms in total. The van der Waals surface area contributed by atoms with Crippen LogP contribution in [0.2, 0.25) is 0 Å². The molecule has 1 unspecified atom stereocenters. The fourth-order valence-corrected chi connectivity index (χ4v) is 6.05. The van der Waals surface area contributed by atoms with Crippen LogP contribution in [0.1, 0.15) is 41.2 Å². The van der Waals surface area contributed by atoms with Crippen LogP contribution >= 0.6 is 11.3 Å². The Hall–Kier alpha value is -3.32. The number of hydrogen-bond donors (Lipinski definition) is 2. The smallest absolute Gasteiger partial charge is 0.407 e. The molecule has 0 bridgehead atoms. The fraction of sp³-hybridized carbons (Fsp3) is 0.333. The largest absolute Gasteiger partial charge is 0.480 e. The molecule has 34 heavy (non-hydrogen) atoms. The molecule has 2 aromatic carbocycles. The number of carboxylic acid groups (broad SMARTS) is 1. The molecule has 176 valence electrons. The van der Waals surface area contributed by atoms with Gasteiger partial charge in [-0.05, 0) is 53.6 Å². The predicted molar refractivity (Wildman–Crippen MR) is 134 cm³/mol. The predicted octanol–water partition coefficient (Wildman–Crippen LogP) is 5.27. The minimum atomic E-state index is -1.07. The molecule has 1 saturated heterocycles. The topological polar surface area (TPSA) is 78.9 Å². The standard InChI is InChI=1S/C27H28N2O4S/c30-26(31)24(16-18-12-13-25(34-18)29-14-6-1-7-15-29)28-27(32)33-17-23-21-10-4-2-8-19(21)20-9-3-5-11-22(20)23/h2-5,8-13,23-24H,1,6-7,14-17H2,(H,28,32)(H,30,31). The van der Waals surface area contributed by atoms with Crippen LogP contribution in [0.3, 0.4) is 0 Å². The van der Waals surface area contributed by atoms with E-state index in [0.29, 0.717) is 0 Å². The van der Waals surface area contributed by atoms with Gasteiger partial charge in [0.15, 0.2) is 0 Å². The molecule has 0 radical (unpaired) electrons. The van der Waals surface area contributed by atoms with Crippen molar-refractivity contribution in [2.45, 2.75) is 37.6 Å². The molecular formula is C27H28N2O4S. The highest BCUT2D eigenvalue weighted by Crippen LogP contribution is 2.44. The van der Waals surface area contributed by atoms with Gasteiger partial charge in [-0.1, -0.05) is 48.5 Å². The molecule has 1 atom stereocenters. The Bertz CT molecular complexity index is 1140. The van der Waals surface area contributed by atoms with E-state index in [-0.39, 0.29) is 18.9 Å². The number of nitrogens with zero attached hydrogens (tertiary/aromatic N) is 1. The van der Waals surface area contributed by atoms with Gasteiger partial charge in [0.1, 0.15) is 12.6 Å². The van der Waals surface area contributed by atoms with Gasteiger partial charge in [-0.25, -0.2) is 9.59 Å². The van der Waals surface area contributed by atoms with Crippen molar-refractivity contribution in [3.05, 3.63) is 76.7 Å². The summed E-state index contributed by atoms with van der Waals surface area (Å²) < 4.78 is 5.54. The second-order valence-electron chi connectivity index (χ2n) is 8.85. The van der Waals surface area contributed by atoms with Crippen molar-refractivity contribution in [1.29, 1.82) is 0 Å². The minimum absolute atomic E-state index is 0.0641. The molecule has 7 heteroatoms. The summed E-state index contributed by atoms with van der Waals surface area (Å²) in [5, 5.41) is 13.4. The van der Waals surface area contributed by atoms with Crippen LogP contribution in [0.15, 0.2) is 60.7 Å². The Kier molecular flexibility index (Phi) is 6.54. The van der Waals surface area contributed by atoms with Crippen molar-refractivity contribution in [3.8, 4) is 11.1 Å². The van der Waals surface area contributed by atoms with E-state index >= 15 is 0 Å². The number of anilines is 1. The first kappa shape index (κ1) is 22.5. The highest BCUT2D eigenvalue weighted by molar-refractivity contribution is 7.16. The lowest BCUT2D eigenvalue weighted by atomic mass is 9.98. The van der Waals surface area contributed by atoms with Crippen LogP contribution in [0.4, 0.5) is 9.80 Å². The minimum Gasteiger partial charge on any atom is -0.480 e. The number of alkyl carbamates (subject to hydrolysis) is 1. The van der Waals surface area contributed by atoms with Gasteiger partial charge in [-0.3, -0.25) is 0 Å². The van der Waals surface area contributed by atoms with E-state index in [1.54, 1.807) is 11.3 Å². The second-order valence-corrected chi connectivity index (χ2v) is 10.00. The van der Waals surface area contributed by atoms with Crippen LogP contribution in [-0.4, -0.2) is 42.9 Å². The van der Waals surface area contributed by atoms with Gasteiger partial charge in [-0.15, -0.1) is 11.3 Å². The number of aliphatic carboxylic acids is 1. The number of ether oxygens (including phenoxy) is 1. The van der Waals surface area contributed by atoms with Gasteiger partial charge >= 0.3 is 12.1 Å². The third kappa shape index (κ3) is 4.66. The lowest BCUT2D eigenvalue weighted by Gasteiger charge is -2.27. The van der Waals surface area contributed by atoms with Crippen molar-refractivity contribution in [2.75, 3.05) is 24.6 Å². The van der Waals surface area contributed by atoms with Gasteiger partial charge in [0.2, 0.25) is 0 Å². The zero-order valence-electron chi connectivity index (χ0n) is 18.9. The average molecular weight is 477 g/mol. The summed E-state index contributed by atoms with van der Waals surface area (Å²) >= 11 is 1.60. The Morgan fingerprint density at radius 1 is 0.971 bits per heavy atom. The molecular weight excluding hydrogens is 448 g/mol. The lowest BCUT2D eigenvalue weighted by Crippen LogP contribution is -2.42. The molecule has 1 aliphatic heterocycles. The van der Waals surface area contributed by atoms with E-state index in [1.165, 1.54) is 24.3 Å². The molecule has 0 spiro atoms. The lowest BCUT2D eigenvalue weighted by molar-refractivity contribution is -0.139. The molecule has 1 amide bonds. The number of carbonyl (C=O) groups is 2. The highest BCUT2D eigenvalue weighted by atomic mass is 32.1. The third-order valence-corrected chi connectivity index (χ3v) is 7.82. The van der Waals surface area contributed by atoms with E-state index < -0.39 is 18.1 Å². The summed E-state index contributed by atoms with van der Waals surface area (Å²) in [5.41, 5.74) is 4.54. The van der Waals surface area contributed by atoms with Crippen molar-refractivity contribution < 1.29 is 19.4 Å². The Balaban J connectivity index is 1.21. The summed E-state index contributed by atoms with van der Waals surface area (Å²) in [6, 6.07) is 19.2. The van der Waals surface area contributed by atoms with Gasteiger partial charge in [0.25, 0.3) is 0 Å². The van der Waals surface area contributed by atoms with Gasteiger partial charge in [0, 0.05) is 30.3 Å². The zero-order valence-corrected chi connectivity index (χ0v) is 19.7. The zero-order chi connectivity index (χ0) is 23.5. The van der Waals surface area contributed by atoms with Gasteiger partial charge in [0.05, 0.1) is 5.00 Å². The Morgan fingerprint density at radius 3 is 2.26 bits per heavy atom. The van der Waals surface area contributed by atoms with E-state index in [2.05, 4.69) is 40.5 Å². The van der Waals surface area contributed by atoms with Gasteiger partial charge in [-0.2, -0.15) is 0 Å². The maximum atomic E-state index is 12.6. The van der Waals surface area contributed by atoms with E-state index in [1.807, 2.05) is 30.3 Å². The summed E-state index contributed by atoms with van der Waals surface area (Å²) in [7, 11) is 0. The molecule has 1 fully saturated rings. The number of benzene rings is 2. The molecule has 2 N–H and O–H groups in total. The number of nitrogens with one attached hydrogen (secondary N) is 1. The Morgan fingerprint density at radius 2 is 1.62 bits per heavy atom. The van der Waals surface area contributed by atoms with E-state index in [9.17, 15) is 14.7 Å². The normalized spacial score (nSPS) is 15.9. The average Bonchev–Trinajstić information content (AvgIpc) is 3.46. The number of rotatable bonds is 7. The number of piperidine rings is 1. The maximum absolute atomic E-state index is 12.6. The first-order chi connectivity index (χ1) is 16.6. The number of thiophene rings is 1. The quantitative estimate of drug-likeness (QED) is 0.486. The number of fused-ring (bicyclic) bond motifs is 3. The van der Waals surface area contributed by atoms with Crippen molar-refractivity contribution >= 4 is 28.4 Å². The van der Waals surface area contributed by atoms with Crippen molar-refractivity contribution in [1.82, 2.24) is 5.32 Å². The Labute approximate surface area is 203 Å². The van der Waals surface area contributed by atoms with Crippen LogP contribution in [0.5, 0.6) is 0 Å². The molecule has 3 aromatic rings. The summed E-state index contributed by atoms with van der Waals surface area (Å²) in [6.45, 7) is 2.24. The van der Waals surface area contributed by atoms with E-state index in [4.69, 9.17) is 4.74 Å². The molecule has 5 rings (SSSR count). The van der Waals surface area contributed by atoms with Crippen LogP contribution in [-0.2, 0) is 16.0 Å². The summed E-state index contributed by atoms with van der Waals surface area (Å²) in [4.78, 5) is 27.7. The second kappa shape index (κ2) is 9.89. The van der Waals surface area contributed by atoms with Crippen LogP contribution in [0.25, 0.3) is 11.1 Å². The molecule has 1 aliphatic carbocycles. The number of hydrogen-bond acceptors (Lipinski definition) is 5. The summed E-state index contributed by atoms with van der Waals surface area (Å²) in [5.74, 6) is -1.13. The monoisotopic (exact) mass is 476 g/mol. The van der Waals surface area contributed by atoms with Crippen LogP contribution < -0.4 is 10.2 Å². The SMILES string of the molecule is O=C(NC(Cc1ccc(N2CCCCC2)s1)C(=O)O)OCC1c2ccccc2-c2ccccc21. The highest BCUT2D eigenvalue weighted by Gasteiger charge is 2.30. The van der Waals surface area contributed by atoms with Crippen molar-refractivity contribution in [2.24, 2.45) is 0 Å². The third-order valence-electron chi connectivity index (χ3n) is 6.65. The first-order valence-electron chi connectivity index (χ1n) is 11.8. The molecule has 2 heterocycles. The number of carboxylic acids is 1. The molecule has 0 saturated carbocycles. The molecule has 2 aliphatic rings. The van der Waals surface area contributed by atoms with Gasteiger partial charge < -0.3 is 20.1 Å². The van der Waals surface area contributed by atoms with E-state index in [0.717, 1.165) is 40.2 Å². The number of carbonyl (C=O) groups excluding carboxylic acids is 1. The number of amides is 1.